The maximum Gasteiger partial charge on any atom is 0.351 e. The molecule has 1 fully saturated rings. The minimum Gasteiger partial charge on any atom is -0.425 e. The zero-order valence-corrected chi connectivity index (χ0v) is 25.1. The van der Waals surface area contributed by atoms with E-state index in [1.165, 1.54) is 42.0 Å². The van der Waals surface area contributed by atoms with Crippen molar-refractivity contribution in [1.82, 2.24) is 14.2 Å². The Kier molecular flexibility index (Phi) is 10.4. The van der Waals surface area contributed by atoms with E-state index < -0.39 is 37.6 Å². The number of fused-ring (bicyclic) bond motifs is 2. The molecule has 0 amide bonds. The number of nitrogens with zero attached hydrogens (tertiary/aromatic N) is 5. The average molecular weight is 600 g/mol. The second kappa shape index (κ2) is 14.3. The minimum absolute atomic E-state index is 0.0234. The van der Waals surface area contributed by atoms with E-state index in [0.717, 1.165) is 0 Å². The molecule has 0 saturated carbocycles. The number of aliphatic hydroxyl groups is 1. The largest absolute Gasteiger partial charge is 0.425 e. The Labute approximate surface area is 242 Å². The van der Waals surface area contributed by atoms with Crippen LogP contribution in [0.5, 0.6) is 0 Å². The molecule has 2 aliphatic heterocycles. The van der Waals surface area contributed by atoms with Crippen LogP contribution in [0.1, 0.15) is 55.5 Å². The van der Waals surface area contributed by atoms with Crippen molar-refractivity contribution in [3.8, 4) is 0 Å². The zero-order chi connectivity index (χ0) is 31.0. The number of aromatic nitrogens is 2. The number of hydrogen-bond acceptors (Lipinski definition) is 12. The number of nitro benzene ring substituents is 1. The molecule has 4 rings (SSSR count). The van der Waals surface area contributed by atoms with Gasteiger partial charge >= 0.3 is 14.2 Å². The number of nitrogens with one attached hydrogen (secondary N) is 1. The fraction of sp³-hybridized carbons (Fsp3) is 0.560. The van der Waals surface area contributed by atoms with Crippen LogP contribution in [-0.4, -0.2) is 70.0 Å². The van der Waals surface area contributed by atoms with Crippen molar-refractivity contribution in [1.29, 1.82) is 1.43 Å². The highest BCUT2D eigenvalue weighted by atomic mass is 32.2. The van der Waals surface area contributed by atoms with Crippen LogP contribution in [0.2, 0.25) is 0 Å². The van der Waals surface area contributed by atoms with Gasteiger partial charge in [-0.25, -0.2) is 9.46 Å². The summed E-state index contributed by atoms with van der Waals surface area (Å²) >= 11 is 1.28. The molecule has 1 saturated heterocycles. The third-order valence-corrected chi connectivity index (χ3v) is 9.03. The predicted molar refractivity (Wildman–Crippen MR) is 155 cm³/mol. The Hall–Kier alpha value is -2.61. The third-order valence-electron chi connectivity index (χ3n) is 5.92. The molecule has 0 radical (unpaired) electrons. The van der Waals surface area contributed by atoms with Gasteiger partial charge in [0, 0.05) is 56.8 Å². The minimum atomic E-state index is -1.55. The monoisotopic (exact) mass is 599 g/mol. The van der Waals surface area contributed by atoms with Gasteiger partial charge in [-0.15, -0.1) is 0 Å². The number of nitro groups is 1. The van der Waals surface area contributed by atoms with Crippen LogP contribution in [0.3, 0.4) is 0 Å². The smallest absolute Gasteiger partial charge is 0.351 e. The second-order valence-electron chi connectivity index (χ2n) is 9.33. The topological polar surface area (TPSA) is 154 Å². The summed E-state index contributed by atoms with van der Waals surface area (Å²) in [6.07, 6.45) is 1.60. The molecule has 2 aliphatic rings. The molecule has 40 heavy (non-hydrogen) atoms. The van der Waals surface area contributed by atoms with Gasteiger partial charge in [-0.1, -0.05) is 11.8 Å². The molecule has 4 atom stereocenters. The van der Waals surface area contributed by atoms with Crippen molar-refractivity contribution < 1.29 is 25.2 Å². The molecule has 1 aromatic carbocycles. The lowest BCUT2D eigenvalue weighted by atomic mass is 10.2. The highest BCUT2D eigenvalue weighted by Gasteiger charge is 2.40. The summed E-state index contributed by atoms with van der Waals surface area (Å²) in [5.41, 5.74) is 0.105. The lowest BCUT2D eigenvalue weighted by molar-refractivity contribution is -0.385. The lowest BCUT2D eigenvalue weighted by Crippen LogP contribution is -2.35. The summed E-state index contributed by atoms with van der Waals surface area (Å²) in [6, 6.07) is 4.75. The highest BCUT2D eigenvalue weighted by molar-refractivity contribution is 7.99. The van der Waals surface area contributed by atoms with Gasteiger partial charge in [-0.05, 0) is 47.6 Å². The molecule has 0 spiro atoms. The van der Waals surface area contributed by atoms with E-state index in [2.05, 4.69) is 52.8 Å². The summed E-state index contributed by atoms with van der Waals surface area (Å²) in [5, 5.41) is 17.8. The van der Waals surface area contributed by atoms with Gasteiger partial charge in [0.15, 0.2) is 12.2 Å². The Morgan fingerprint density at radius 3 is 2.83 bits per heavy atom. The standard InChI is InChI=1S/C24H33N6O6PS.CH4O/c1-7-25-13-34-37(29(14(2)3)15(4)5)36-19-11-22(35-16(19)6)28-12-21-23(27-24(28)31)26-18-9-8-17(30(32)33)10-20(18)38-21;1-2/h8-10,12-16,19,22H,7,11H2,1-6H3,(H,26,27,31);2H,1H3/t16-,19-,22-,37?;/m1./s1/i6D;2T. The predicted octanol–water partition coefficient (Wildman–Crippen LogP) is 5.07. The SMILES string of the molecule is [2H]C[C@H]1O[C@@H](n2cc3c(nc2=O)Nc2ccc([N+](=O)[O-])cc2S3)C[C@H]1OP(OC=NCC)N(C(C)C)C(C)C.[3H]OC. The molecule has 3 heterocycles. The average Bonchev–Trinajstić information content (AvgIpc) is 3.33. The quantitative estimate of drug-likeness (QED) is 0.106. The molecule has 2 N–H and O–H groups in total. The van der Waals surface area contributed by atoms with Crippen molar-refractivity contribution in [2.75, 3.05) is 19.0 Å². The lowest BCUT2D eigenvalue weighted by Gasteiger charge is -2.36. The van der Waals surface area contributed by atoms with E-state index in [-0.39, 0.29) is 24.7 Å². The second-order valence-corrected chi connectivity index (χ2v) is 11.8. The van der Waals surface area contributed by atoms with Crippen molar-refractivity contribution in [2.45, 2.75) is 88.2 Å². The third kappa shape index (κ3) is 7.36. The number of ether oxygens (including phenoxy) is 1. The molecular weight excluding hydrogens is 559 g/mol. The Morgan fingerprint density at radius 1 is 1.48 bits per heavy atom. The number of anilines is 2. The van der Waals surface area contributed by atoms with Gasteiger partial charge in [0.1, 0.15) is 6.23 Å². The van der Waals surface area contributed by atoms with E-state index in [9.17, 15) is 14.9 Å². The van der Waals surface area contributed by atoms with E-state index in [0.29, 0.717) is 34.3 Å². The first kappa shape index (κ1) is 28.9. The highest BCUT2D eigenvalue weighted by Crippen LogP contribution is 2.50. The van der Waals surface area contributed by atoms with E-state index >= 15 is 0 Å². The van der Waals surface area contributed by atoms with Gasteiger partial charge in [0.25, 0.3) is 5.69 Å². The molecule has 1 unspecified atom stereocenters. The maximum atomic E-state index is 13.0. The first-order chi connectivity index (χ1) is 20.0. The number of rotatable bonds is 10. The van der Waals surface area contributed by atoms with E-state index in [1.807, 2.05) is 6.92 Å². The number of benzene rings is 1. The van der Waals surface area contributed by atoms with Gasteiger partial charge in [0.05, 0.1) is 27.7 Å². The van der Waals surface area contributed by atoms with Crippen molar-refractivity contribution >= 4 is 43.9 Å². The molecule has 15 heteroatoms. The van der Waals surface area contributed by atoms with E-state index in [4.69, 9.17) is 16.6 Å². The number of aliphatic hydroxyl groups excluding tert-OH is 1. The molecule has 0 aliphatic carbocycles. The molecule has 0 bridgehead atoms. The summed E-state index contributed by atoms with van der Waals surface area (Å²) in [5.74, 6) is 0.377. The van der Waals surface area contributed by atoms with Gasteiger partial charge in [-0.2, -0.15) is 4.98 Å². The van der Waals surface area contributed by atoms with Crippen LogP contribution >= 0.6 is 20.3 Å². The Balaban J connectivity index is 0.00000155. The molecule has 2 aromatic rings. The first-order valence-electron chi connectivity index (χ1n) is 13.9. The van der Waals surface area contributed by atoms with Crippen LogP contribution in [0.4, 0.5) is 17.2 Å². The fourth-order valence-corrected chi connectivity index (χ4v) is 6.86. The fourth-order valence-electron chi connectivity index (χ4n) is 4.24. The Bertz CT molecular complexity index is 1300. The molecule has 1 aromatic heterocycles. The summed E-state index contributed by atoms with van der Waals surface area (Å²) in [7, 11) is -0.259. The molecule has 220 valence electrons. The summed E-state index contributed by atoms with van der Waals surface area (Å²) < 4.78 is 35.8. The van der Waals surface area contributed by atoms with Gasteiger partial charge < -0.3 is 24.2 Å². The van der Waals surface area contributed by atoms with Crippen molar-refractivity contribution in [3.05, 3.63) is 45.0 Å². The molecule has 13 nitrogen and oxygen atoms in total. The number of hydrogen-bond donors (Lipinski definition) is 2. The van der Waals surface area contributed by atoms with Gasteiger partial charge in [-0.3, -0.25) is 19.7 Å². The number of non-ortho nitro benzene ring substituents is 1. The maximum absolute atomic E-state index is 13.0. The van der Waals surface area contributed by atoms with Gasteiger partial charge in [0.2, 0.25) is 1.43 Å². The van der Waals surface area contributed by atoms with E-state index in [1.54, 1.807) is 12.3 Å². The van der Waals surface area contributed by atoms with Crippen LogP contribution in [-0.2, 0) is 13.8 Å². The molecular formula is C25H37N6O7PS. The van der Waals surface area contributed by atoms with Crippen LogP contribution in [0.15, 0.2) is 44.0 Å². The Morgan fingerprint density at radius 2 is 2.20 bits per heavy atom. The normalized spacial score (nSPS) is 21.3. The summed E-state index contributed by atoms with van der Waals surface area (Å²) in [6.45, 7) is 10.7. The van der Waals surface area contributed by atoms with Crippen LogP contribution in [0, 0.1) is 10.1 Å². The zero-order valence-electron chi connectivity index (χ0n) is 25.3. The first-order valence-corrected chi connectivity index (χ1v) is 14.7. The van der Waals surface area contributed by atoms with Crippen molar-refractivity contribution in [3.63, 3.8) is 0 Å². The summed E-state index contributed by atoms with van der Waals surface area (Å²) in [4.78, 5) is 33.4. The van der Waals surface area contributed by atoms with Crippen LogP contribution < -0.4 is 11.0 Å². The van der Waals surface area contributed by atoms with Crippen LogP contribution in [0.25, 0.3) is 0 Å². The van der Waals surface area contributed by atoms with Crippen molar-refractivity contribution in [2.24, 2.45) is 4.99 Å². The number of aliphatic imine (C=N–C) groups is 1.